The second kappa shape index (κ2) is 13.6. The molecule has 0 bridgehead atoms. The maximum atomic E-state index is 6.38. The molecule has 0 spiro atoms. The summed E-state index contributed by atoms with van der Waals surface area (Å²) >= 11 is 0. The van der Waals surface area contributed by atoms with Gasteiger partial charge >= 0.3 is 0 Å². The fourth-order valence-corrected chi connectivity index (χ4v) is 9.79. The Bertz CT molecular complexity index is 3860. The van der Waals surface area contributed by atoms with Crippen LogP contribution < -0.4 is 9.80 Å². The minimum absolute atomic E-state index is 0.871. The number of hydrogen-bond donors (Lipinski definition) is 0. The van der Waals surface area contributed by atoms with Gasteiger partial charge < -0.3 is 18.6 Å². The number of hydrogen-bond acceptors (Lipinski definition) is 4. The van der Waals surface area contributed by atoms with Crippen LogP contribution in [-0.4, -0.2) is 0 Å². The first-order chi connectivity index (χ1) is 30.7. The van der Waals surface area contributed by atoms with Crippen LogP contribution in [0.4, 0.5) is 34.1 Å². The monoisotopic (exact) mass is 792 g/mol. The van der Waals surface area contributed by atoms with E-state index in [1.807, 2.05) is 24.3 Å². The molecule has 2 aromatic heterocycles. The Morgan fingerprint density at radius 3 is 1.19 bits per heavy atom. The molecule has 0 aliphatic carbocycles. The minimum atomic E-state index is 0.871. The molecule has 0 aliphatic heterocycles. The number of benzene rings is 11. The molecule has 0 unspecified atom stereocenters. The van der Waals surface area contributed by atoms with E-state index in [4.69, 9.17) is 8.83 Å². The zero-order chi connectivity index (χ0) is 40.7. The Labute approximate surface area is 356 Å². The zero-order valence-electron chi connectivity index (χ0n) is 33.5. The second-order valence-electron chi connectivity index (χ2n) is 16.1. The lowest BCUT2D eigenvalue weighted by Crippen LogP contribution is -2.09. The summed E-state index contributed by atoms with van der Waals surface area (Å²) in [6, 6.07) is 78.1. The molecule has 0 saturated carbocycles. The van der Waals surface area contributed by atoms with E-state index in [2.05, 4.69) is 204 Å². The van der Waals surface area contributed by atoms with E-state index in [-0.39, 0.29) is 0 Å². The van der Waals surface area contributed by atoms with Gasteiger partial charge in [-0.1, -0.05) is 121 Å². The molecule has 0 fully saturated rings. The van der Waals surface area contributed by atoms with Crippen molar-refractivity contribution in [2.45, 2.75) is 0 Å². The summed E-state index contributed by atoms with van der Waals surface area (Å²) in [7, 11) is 0. The molecule has 0 saturated heterocycles. The smallest absolute Gasteiger partial charge is 0.137 e. The van der Waals surface area contributed by atoms with Crippen molar-refractivity contribution in [3.8, 4) is 0 Å². The molecule has 0 amide bonds. The van der Waals surface area contributed by atoms with Gasteiger partial charge in [0, 0.05) is 67.8 Å². The highest BCUT2D eigenvalue weighted by atomic mass is 16.3. The van der Waals surface area contributed by atoms with Gasteiger partial charge in [0.1, 0.15) is 22.3 Å². The van der Waals surface area contributed by atoms with Gasteiger partial charge in [0.05, 0.1) is 0 Å². The summed E-state index contributed by atoms with van der Waals surface area (Å²) in [4.78, 5) is 4.65. The lowest BCUT2D eigenvalue weighted by molar-refractivity contribution is 0.668. The topological polar surface area (TPSA) is 32.8 Å². The normalized spacial score (nSPS) is 11.9. The van der Waals surface area contributed by atoms with Crippen LogP contribution in [0.3, 0.4) is 0 Å². The van der Waals surface area contributed by atoms with Crippen molar-refractivity contribution < 1.29 is 8.83 Å². The number of furan rings is 2. The van der Waals surface area contributed by atoms with Crippen LogP contribution in [0.5, 0.6) is 0 Å². The van der Waals surface area contributed by atoms with Crippen LogP contribution in [-0.2, 0) is 0 Å². The summed E-state index contributed by atoms with van der Waals surface area (Å²) < 4.78 is 12.8. The van der Waals surface area contributed by atoms with E-state index in [9.17, 15) is 0 Å². The van der Waals surface area contributed by atoms with E-state index in [0.29, 0.717) is 0 Å². The van der Waals surface area contributed by atoms with Crippen molar-refractivity contribution in [2.75, 3.05) is 9.80 Å². The highest BCUT2D eigenvalue weighted by molar-refractivity contribution is 6.32. The molecule has 0 radical (unpaired) electrons. The van der Waals surface area contributed by atoms with Crippen LogP contribution in [0.1, 0.15) is 0 Å². The highest BCUT2D eigenvalue weighted by Gasteiger charge is 2.20. The minimum Gasteiger partial charge on any atom is -0.456 e. The number of para-hydroxylation sites is 4. The Kier molecular flexibility index (Phi) is 7.57. The molecule has 0 aliphatic rings. The molecular weight excluding hydrogens is 757 g/mol. The Morgan fingerprint density at radius 2 is 0.613 bits per heavy atom. The number of nitrogens with zero attached hydrogens (tertiary/aromatic N) is 2. The average Bonchev–Trinajstić information content (AvgIpc) is 3.90. The van der Waals surface area contributed by atoms with E-state index in [0.717, 1.165) is 78.0 Å². The van der Waals surface area contributed by atoms with Crippen LogP contribution in [0, 0.1) is 0 Å². The van der Waals surface area contributed by atoms with Gasteiger partial charge in [-0.3, -0.25) is 0 Å². The molecule has 0 atom stereocenters. The molecule has 11 aromatic carbocycles. The first kappa shape index (κ1) is 34.5. The van der Waals surface area contributed by atoms with Crippen molar-refractivity contribution in [3.05, 3.63) is 218 Å². The van der Waals surface area contributed by atoms with Crippen molar-refractivity contribution in [3.63, 3.8) is 0 Å². The van der Waals surface area contributed by atoms with Crippen LogP contribution in [0.25, 0.3) is 87.0 Å². The largest absolute Gasteiger partial charge is 0.456 e. The standard InChI is InChI=1S/C58H36N2O2/c1-3-13-38(14-4-1)59(42-26-31-49-47-18-9-11-21-54(47)61-56(49)35-42)40-24-29-44-37(33-40)23-28-52-46-30-25-41(34-53(46)45-17-7-8-20-51(45)58(44)52)60(39-15-5-2-6-16-39)43-27-32-50-48-19-10-12-22-55(48)62-57(50)36-43/h1-36H. The maximum absolute atomic E-state index is 6.38. The van der Waals surface area contributed by atoms with Gasteiger partial charge in [0.2, 0.25) is 0 Å². The average molecular weight is 793 g/mol. The molecule has 4 heteroatoms. The molecular formula is C58H36N2O2. The molecule has 13 rings (SSSR count). The van der Waals surface area contributed by atoms with Crippen LogP contribution >= 0.6 is 0 Å². The Morgan fingerprint density at radius 1 is 0.226 bits per heavy atom. The Balaban J connectivity index is 0.975. The van der Waals surface area contributed by atoms with Gasteiger partial charge in [-0.2, -0.15) is 0 Å². The predicted molar refractivity (Wildman–Crippen MR) is 260 cm³/mol. The lowest BCUT2D eigenvalue weighted by Gasteiger charge is -2.26. The van der Waals surface area contributed by atoms with E-state index >= 15 is 0 Å². The molecule has 290 valence electrons. The number of anilines is 6. The van der Waals surface area contributed by atoms with E-state index in [1.54, 1.807) is 0 Å². The summed E-state index contributed by atoms with van der Waals surface area (Å²) in [6.07, 6.45) is 0. The van der Waals surface area contributed by atoms with Crippen molar-refractivity contribution in [1.29, 1.82) is 0 Å². The number of rotatable bonds is 6. The third-order valence-electron chi connectivity index (χ3n) is 12.6. The van der Waals surface area contributed by atoms with E-state index in [1.165, 1.54) is 43.1 Å². The van der Waals surface area contributed by atoms with Gasteiger partial charge in [0.15, 0.2) is 0 Å². The van der Waals surface area contributed by atoms with Gasteiger partial charge in [-0.05, 0) is 128 Å². The molecule has 4 nitrogen and oxygen atoms in total. The van der Waals surface area contributed by atoms with Crippen molar-refractivity contribution in [1.82, 2.24) is 0 Å². The van der Waals surface area contributed by atoms with Crippen LogP contribution in [0.2, 0.25) is 0 Å². The summed E-state index contributed by atoms with van der Waals surface area (Å²) in [5, 5.41) is 14.3. The number of fused-ring (bicyclic) bond motifs is 14. The zero-order valence-corrected chi connectivity index (χ0v) is 33.5. The van der Waals surface area contributed by atoms with Gasteiger partial charge in [0.25, 0.3) is 0 Å². The lowest BCUT2D eigenvalue weighted by atomic mass is 9.90. The van der Waals surface area contributed by atoms with Crippen LogP contribution in [0.15, 0.2) is 227 Å². The molecule has 2 heterocycles. The quantitative estimate of drug-likeness (QED) is 0.157. The van der Waals surface area contributed by atoms with E-state index < -0.39 is 0 Å². The summed E-state index contributed by atoms with van der Waals surface area (Å²) in [6.45, 7) is 0. The van der Waals surface area contributed by atoms with Crippen molar-refractivity contribution >= 4 is 121 Å². The van der Waals surface area contributed by atoms with Gasteiger partial charge in [-0.25, -0.2) is 0 Å². The third kappa shape index (κ3) is 5.33. The summed E-state index contributed by atoms with van der Waals surface area (Å²) in [5.41, 5.74) is 9.93. The maximum Gasteiger partial charge on any atom is 0.137 e. The fourth-order valence-electron chi connectivity index (χ4n) is 9.79. The molecule has 13 aromatic rings. The molecule has 62 heavy (non-hydrogen) atoms. The van der Waals surface area contributed by atoms with Crippen molar-refractivity contribution in [2.24, 2.45) is 0 Å². The second-order valence-corrected chi connectivity index (χ2v) is 16.1. The third-order valence-corrected chi connectivity index (χ3v) is 12.6. The highest BCUT2D eigenvalue weighted by Crippen LogP contribution is 2.45. The predicted octanol–water partition coefficient (Wildman–Crippen LogP) is 17.0. The fraction of sp³-hybridized carbons (Fsp3) is 0. The SMILES string of the molecule is c1ccc(N(c2ccc3c(ccc4c5ccc(N(c6ccccc6)c6ccc7c(c6)oc6ccccc67)cc5c5ccccc5c34)c2)c2ccc3c(c2)oc2ccccc23)cc1. The summed E-state index contributed by atoms with van der Waals surface area (Å²) in [5.74, 6) is 0. The first-order valence-corrected chi connectivity index (χ1v) is 21.1. The molecule has 0 N–H and O–H groups in total. The van der Waals surface area contributed by atoms with Gasteiger partial charge in [-0.15, -0.1) is 0 Å². The Hall–Kier alpha value is -8.34. The first-order valence-electron chi connectivity index (χ1n) is 21.1.